The van der Waals surface area contributed by atoms with Crippen molar-refractivity contribution in [1.82, 2.24) is 4.90 Å². The Balaban J connectivity index is 3.27. The predicted molar refractivity (Wildman–Crippen MR) is 87.1 cm³/mol. The van der Waals surface area contributed by atoms with Crippen LogP contribution in [0.5, 0.6) is 0 Å². The zero-order chi connectivity index (χ0) is 18.7. The predicted octanol–water partition coefficient (Wildman–Crippen LogP) is 2.86. The summed E-state index contributed by atoms with van der Waals surface area (Å²) in [6, 6.07) is -0.842. The van der Waals surface area contributed by atoms with E-state index in [9.17, 15) is 14.4 Å². The molecule has 1 rings (SSSR count). The van der Waals surface area contributed by atoms with Crippen LogP contribution >= 0.6 is 0 Å². The van der Waals surface area contributed by atoms with E-state index < -0.39 is 41.3 Å². The highest BCUT2D eigenvalue weighted by Gasteiger charge is 2.56. The second-order valence-electron chi connectivity index (χ2n) is 7.50. The lowest BCUT2D eigenvalue weighted by molar-refractivity contribution is -0.166. The summed E-state index contributed by atoms with van der Waals surface area (Å²) >= 11 is 0. The number of methoxy groups -OCH3 is 1. The summed E-state index contributed by atoms with van der Waals surface area (Å²) in [5.41, 5.74) is -1.28. The second kappa shape index (κ2) is 7.40. The summed E-state index contributed by atoms with van der Waals surface area (Å²) in [5, 5.41) is 0. The fourth-order valence-electron chi connectivity index (χ4n) is 3.16. The lowest BCUT2D eigenvalue weighted by atomic mass is 9.82. The second-order valence-corrected chi connectivity index (χ2v) is 7.50. The molecule has 1 saturated heterocycles. The maximum Gasteiger partial charge on any atom is 0.413 e. The number of hydrogen-bond donors (Lipinski definition) is 0. The summed E-state index contributed by atoms with van der Waals surface area (Å²) in [5.74, 6) is -1.06. The van der Waals surface area contributed by atoms with Crippen molar-refractivity contribution in [3.8, 4) is 0 Å². The molecule has 1 heterocycles. The highest BCUT2D eigenvalue weighted by Crippen LogP contribution is 2.45. The minimum atomic E-state index is -0.867. The standard InChI is InChI=1S/C17H29NO6/c1-8-9-17(6)10-12(13(20)22-7)18(14(17)23-11(2)19)15(21)24-16(3,4)5/h12,14H,8-10H2,1-7H3/t12-,14?,17+/m0/s1. The molecule has 1 unspecified atom stereocenters. The van der Waals surface area contributed by atoms with Crippen LogP contribution in [-0.2, 0) is 23.8 Å². The highest BCUT2D eigenvalue weighted by atomic mass is 16.6. The number of rotatable bonds is 4. The third kappa shape index (κ3) is 4.61. The molecule has 0 saturated carbocycles. The summed E-state index contributed by atoms with van der Waals surface area (Å²) in [6.45, 7) is 10.4. The topological polar surface area (TPSA) is 82.1 Å². The van der Waals surface area contributed by atoms with Gasteiger partial charge in [0.15, 0.2) is 6.23 Å². The van der Waals surface area contributed by atoms with Gasteiger partial charge in [-0.1, -0.05) is 20.3 Å². The van der Waals surface area contributed by atoms with Crippen LogP contribution in [0.15, 0.2) is 0 Å². The molecule has 0 bridgehead atoms. The summed E-state index contributed by atoms with van der Waals surface area (Å²) in [4.78, 5) is 37.7. The number of esters is 2. The molecule has 7 nitrogen and oxygen atoms in total. The summed E-state index contributed by atoms with van der Waals surface area (Å²) < 4.78 is 15.7. The van der Waals surface area contributed by atoms with Crippen LogP contribution in [0.2, 0.25) is 0 Å². The normalized spacial score (nSPS) is 26.9. The molecule has 0 aromatic rings. The fraction of sp³-hybridized carbons (Fsp3) is 0.824. The Bertz CT molecular complexity index is 498. The van der Waals surface area contributed by atoms with Gasteiger partial charge in [-0.15, -0.1) is 0 Å². The first-order valence-electron chi connectivity index (χ1n) is 8.21. The van der Waals surface area contributed by atoms with E-state index in [1.165, 1.54) is 18.9 Å². The Morgan fingerprint density at radius 3 is 2.25 bits per heavy atom. The Labute approximate surface area is 143 Å². The molecule has 24 heavy (non-hydrogen) atoms. The molecule has 1 aliphatic rings. The van der Waals surface area contributed by atoms with Gasteiger partial charge in [0, 0.05) is 12.3 Å². The van der Waals surface area contributed by atoms with Crippen molar-refractivity contribution >= 4 is 18.0 Å². The molecule has 0 aromatic carbocycles. The lowest BCUT2D eigenvalue weighted by Crippen LogP contribution is -2.50. The molecule has 1 aliphatic heterocycles. The largest absolute Gasteiger partial charge is 0.467 e. The van der Waals surface area contributed by atoms with Crippen molar-refractivity contribution in [1.29, 1.82) is 0 Å². The molecule has 0 radical (unpaired) electrons. The average molecular weight is 343 g/mol. The van der Waals surface area contributed by atoms with Crippen LogP contribution < -0.4 is 0 Å². The molecule has 0 aliphatic carbocycles. The molecule has 1 fully saturated rings. The quantitative estimate of drug-likeness (QED) is 0.576. The Kier molecular flexibility index (Phi) is 6.25. The Hall–Kier alpha value is -1.79. The smallest absolute Gasteiger partial charge is 0.413 e. The summed E-state index contributed by atoms with van der Waals surface area (Å²) in [7, 11) is 1.27. The number of amides is 1. The van der Waals surface area contributed by atoms with Crippen molar-refractivity contribution < 1.29 is 28.6 Å². The van der Waals surface area contributed by atoms with E-state index in [4.69, 9.17) is 14.2 Å². The van der Waals surface area contributed by atoms with Crippen LogP contribution in [-0.4, -0.2) is 47.9 Å². The molecule has 3 atom stereocenters. The van der Waals surface area contributed by atoms with Gasteiger partial charge in [0.05, 0.1) is 7.11 Å². The molecule has 7 heteroatoms. The Morgan fingerprint density at radius 2 is 1.83 bits per heavy atom. The van der Waals surface area contributed by atoms with Crippen molar-refractivity contribution in [3.05, 3.63) is 0 Å². The van der Waals surface area contributed by atoms with Crippen molar-refractivity contribution in [2.75, 3.05) is 7.11 Å². The van der Waals surface area contributed by atoms with Crippen molar-refractivity contribution in [2.24, 2.45) is 5.41 Å². The van der Waals surface area contributed by atoms with E-state index in [-0.39, 0.29) is 0 Å². The maximum atomic E-state index is 12.7. The first-order valence-corrected chi connectivity index (χ1v) is 8.21. The van der Waals surface area contributed by atoms with Gasteiger partial charge in [-0.25, -0.2) is 9.59 Å². The van der Waals surface area contributed by atoms with E-state index in [1.807, 2.05) is 13.8 Å². The number of nitrogens with zero attached hydrogens (tertiary/aromatic N) is 1. The molecule has 0 spiro atoms. The third-order valence-corrected chi connectivity index (χ3v) is 4.02. The van der Waals surface area contributed by atoms with Crippen molar-refractivity contribution in [3.63, 3.8) is 0 Å². The van der Waals surface area contributed by atoms with Gasteiger partial charge in [0.1, 0.15) is 11.6 Å². The van der Waals surface area contributed by atoms with E-state index in [0.29, 0.717) is 12.8 Å². The van der Waals surface area contributed by atoms with E-state index in [1.54, 1.807) is 20.8 Å². The van der Waals surface area contributed by atoms with Gasteiger partial charge in [0.2, 0.25) is 0 Å². The van der Waals surface area contributed by atoms with Gasteiger partial charge in [-0.05, 0) is 33.6 Å². The average Bonchev–Trinajstić information content (AvgIpc) is 2.69. The number of carbonyl (C=O) groups excluding carboxylic acids is 3. The first kappa shape index (κ1) is 20.3. The maximum absolute atomic E-state index is 12.7. The zero-order valence-electron chi connectivity index (χ0n) is 15.7. The number of carbonyl (C=O) groups is 3. The van der Waals surface area contributed by atoms with Gasteiger partial charge in [-0.2, -0.15) is 0 Å². The zero-order valence-corrected chi connectivity index (χ0v) is 15.7. The van der Waals surface area contributed by atoms with Crippen LogP contribution in [0.1, 0.15) is 60.8 Å². The minimum absolute atomic E-state index is 0.352. The lowest BCUT2D eigenvalue weighted by Gasteiger charge is -2.35. The van der Waals surface area contributed by atoms with Crippen LogP contribution in [0, 0.1) is 5.41 Å². The SMILES string of the molecule is CCC[C@]1(C)C[C@@H](C(=O)OC)N(C(=O)OC(C)(C)C)C1OC(C)=O. The van der Waals surface area contributed by atoms with E-state index in [0.717, 1.165) is 6.42 Å². The van der Waals surface area contributed by atoms with Crippen LogP contribution in [0.4, 0.5) is 4.79 Å². The molecule has 0 aromatic heterocycles. The highest BCUT2D eigenvalue weighted by molar-refractivity contribution is 5.83. The van der Waals surface area contributed by atoms with Gasteiger partial charge >= 0.3 is 18.0 Å². The first-order chi connectivity index (χ1) is 10.9. The van der Waals surface area contributed by atoms with Gasteiger partial charge in [0.25, 0.3) is 0 Å². The fourth-order valence-corrected chi connectivity index (χ4v) is 3.16. The molecule has 1 amide bonds. The summed E-state index contributed by atoms with van der Waals surface area (Å²) in [6.07, 6.45) is 0.310. The molecule has 138 valence electrons. The Morgan fingerprint density at radius 1 is 1.25 bits per heavy atom. The third-order valence-electron chi connectivity index (χ3n) is 4.02. The van der Waals surface area contributed by atoms with Crippen molar-refractivity contribution in [2.45, 2.75) is 78.7 Å². The molecular formula is C17H29NO6. The van der Waals surface area contributed by atoms with Crippen LogP contribution in [0.3, 0.4) is 0 Å². The number of hydrogen-bond acceptors (Lipinski definition) is 6. The molecule has 0 N–H and O–H groups in total. The van der Waals surface area contributed by atoms with E-state index in [2.05, 4.69) is 0 Å². The van der Waals surface area contributed by atoms with Crippen LogP contribution in [0.25, 0.3) is 0 Å². The molecular weight excluding hydrogens is 314 g/mol. The minimum Gasteiger partial charge on any atom is -0.467 e. The van der Waals surface area contributed by atoms with Gasteiger partial charge in [-0.3, -0.25) is 9.69 Å². The monoisotopic (exact) mass is 343 g/mol. The van der Waals surface area contributed by atoms with E-state index >= 15 is 0 Å². The van der Waals surface area contributed by atoms with Gasteiger partial charge < -0.3 is 14.2 Å². The number of ether oxygens (including phenoxy) is 3. The number of likely N-dealkylation sites (tertiary alicyclic amines) is 1.